The summed E-state index contributed by atoms with van der Waals surface area (Å²) in [6.45, 7) is 9.38. The summed E-state index contributed by atoms with van der Waals surface area (Å²) in [5.74, 6) is 0.906. The number of aryl methyl sites for hydroxylation is 1. The highest BCUT2D eigenvalue weighted by atomic mass is 32.2. The van der Waals surface area contributed by atoms with E-state index in [-0.39, 0.29) is 11.9 Å². The lowest BCUT2D eigenvalue weighted by Crippen LogP contribution is -2.54. The van der Waals surface area contributed by atoms with Crippen molar-refractivity contribution in [2.24, 2.45) is 0 Å². The van der Waals surface area contributed by atoms with Crippen molar-refractivity contribution < 1.29 is 14.0 Å². The molecule has 0 unspecified atom stereocenters. The van der Waals surface area contributed by atoms with Crippen LogP contribution in [-0.4, -0.2) is 70.9 Å². The SMILES string of the molecule is CCN(CC)C(=O)N1CCN(C(=O)c2oc3ccccc3c2CSc2nc(C)cs2)CC1. The van der Waals surface area contributed by atoms with Gasteiger partial charge in [0.25, 0.3) is 5.91 Å². The fraction of sp³-hybridized carbons (Fsp3) is 0.435. The summed E-state index contributed by atoms with van der Waals surface area (Å²) in [4.78, 5) is 36.0. The van der Waals surface area contributed by atoms with Gasteiger partial charge < -0.3 is 19.1 Å². The number of rotatable bonds is 6. The van der Waals surface area contributed by atoms with E-state index in [4.69, 9.17) is 4.42 Å². The second-order valence-corrected chi connectivity index (χ2v) is 9.76. The average molecular weight is 473 g/mol. The van der Waals surface area contributed by atoms with E-state index in [1.807, 2.05) is 60.2 Å². The number of carbonyl (C=O) groups excluding carboxylic acids is 2. The van der Waals surface area contributed by atoms with Gasteiger partial charge in [-0.3, -0.25) is 4.79 Å². The second-order valence-electron chi connectivity index (χ2n) is 7.68. The molecule has 4 rings (SSSR count). The van der Waals surface area contributed by atoms with Gasteiger partial charge in [-0.05, 0) is 26.8 Å². The van der Waals surface area contributed by atoms with Crippen LogP contribution in [0.25, 0.3) is 11.0 Å². The van der Waals surface area contributed by atoms with E-state index in [1.54, 1.807) is 28.0 Å². The van der Waals surface area contributed by atoms with Gasteiger partial charge in [-0.25, -0.2) is 9.78 Å². The minimum atomic E-state index is -0.109. The van der Waals surface area contributed by atoms with E-state index in [0.29, 0.717) is 50.8 Å². The molecule has 1 aliphatic heterocycles. The Hall–Kier alpha value is -2.52. The van der Waals surface area contributed by atoms with Crippen LogP contribution in [-0.2, 0) is 5.75 Å². The lowest BCUT2D eigenvalue weighted by atomic mass is 10.1. The van der Waals surface area contributed by atoms with Gasteiger partial charge in [0.2, 0.25) is 0 Å². The molecule has 0 aliphatic carbocycles. The smallest absolute Gasteiger partial charge is 0.320 e. The average Bonchev–Trinajstić information content (AvgIpc) is 3.41. The minimum absolute atomic E-state index is 0.0432. The molecule has 0 spiro atoms. The fourth-order valence-corrected chi connectivity index (χ4v) is 5.76. The maximum Gasteiger partial charge on any atom is 0.320 e. The van der Waals surface area contributed by atoms with Crippen LogP contribution in [0.5, 0.6) is 0 Å². The van der Waals surface area contributed by atoms with E-state index in [9.17, 15) is 9.59 Å². The highest BCUT2D eigenvalue weighted by Gasteiger charge is 2.30. The maximum atomic E-state index is 13.4. The van der Waals surface area contributed by atoms with Crippen molar-refractivity contribution in [2.75, 3.05) is 39.3 Å². The molecule has 7 nitrogen and oxygen atoms in total. The number of aromatic nitrogens is 1. The Labute approximate surface area is 196 Å². The number of fused-ring (bicyclic) bond motifs is 1. The fourth-order valence-electron chi connectivity index (χ4n) is 3.89. The Bertz CT molecular complexity index is 1100. The second kappa shape index (κ2) is 9.95. The van der Waals surface area contributed by atoms with Crippen LogP contribution in [0.1, 0.15) is 35.7 Å². The van der Waals surface area contributed by atoms with Gasteiger partial charge in [0.05, 0.1) is 0 Å². The number of thioether (sulfide) groups is 1. The molecule has 1 aromatic carbocycles. The summed E-state index contributed by atoms with van der Waals surface area (Å²) in [5, 5.41) is 2.99. The first-order chi connectivity index (χ1) is 15.5. The number of nitrogens with zero attached hydrogens (tertiary/aromatic N) is 4. The largest absolute Gasteiger partial charge is 0.451 e. The number of piperazine rings is 1. The highest BCUT2D eigenvalue weighted by molar-refractivity contribution is 8.00. The first-order valence-corrected chi connectivity index (χ1v) is 12.8. The molecular formula is C23H28N4O3S2. The summed E-state index contributed by atoms with van der Waals surface area (Å²) >= 11 is 3.24. The molecule has 0 N–H and O–H groups in total. The number of benzene rings is 1. The Morgan fingerprint density at radius 3 is 2.47 bits per heavy atom. The number of thiazole rings is 1. The lowest BCUT2D eigenvalue weighted by Gasteiger charge is -2.36. The van der Waals surface area contributed by atoms with Gasteiger partial charge in [0.1, 0.15) is 9.92 Å². The zero-order valence-corrected chi connectivity index (χ0v) is 20.3. The van der Waals surface area contributed by atoms with Crippen molar-refractivity contribution in [2.45, 2.75) is 30.9 Å². The van der Waals surface area contributed by atoms with Crippen LogP contribution in [0, 0.1) is 6.92 Å². The van der Waals surface area contributed by atoms with Crippen molar-refractivity contribution in [1.29, 1.82) is 0 Å². The van der Waals surface area contributed by atoms with Crippen molar-refractivity contribution in [3.8, 4) is 0 Å². The monoisotopic (exact) mass is 472 g/mol. The molecule has 2 aromatic heterocycles. The third-order valence-electron chi connectivity index (χ3n) is 5.70. The molecule has 3 heterocycles. The number of furan rings is 1. The van der Waals surface area contributed by atoms with Crippen LogP contribution < -0.4 is 0 Å². The molecule has 9 heteroatoms. The summed E-state index contributed by atoms with van der Waals surface area (Å²) in [6, 6.07) is 7.82. The molecule has 0 atom stereocenters. The van der Waals surface area contributed by atoms with E-state index < -0.39 is 0 Å². The molecular weight excluding hydrogens is 444 g/mol. The van der Waals surface area contributed by atoms with Gasteiger partial charge in [0, 0.05) is 67.0 Å². The summed E-state index contributed by atoms with van der Waals surface area (Å²) in [7, 11) is 0. The van der Waals surface area contributed by atoms with Crippen LogP contribution in [0.4, 0.5) is 4.79 Å². The number of carbonyl (C=O) groups is 2. The van der Waals surface area contributed by atoms with Gasteiger partial charge in [-0.15, -0.1) is 11.3 Å². The third kappa shape index (κ3) is 4.63. The molecule has 0 radical (unpaired) electrons. The summed E-state index contributed by atoms with van der Waals surface area (Å²) < 4.78 is 7.03. The molecule has 3 amide bonds. The molecule has 0 bridgehead atoms. The third-order valence-corrected chi connectivity index (χ3v) is 7.87. The van der Waals surface area contributed by atoms with Gasteiger partial charge in [-0.2, -0.15) is 0 Å². The van der Waals surface area contributed by atoms with Crippen LogP contribution in [0.3, 0.4) is 0 Å². The van der Waals surface area contributed by atoms with Crippen molar-refractivity contribution in [1.82, 2.24) is 19.7 Å². The molecule has 3 aromatic rings. The molecule has 32 heavy (non-hydrogen) atoms. The quantitative estimate of drug-likeness (QED) is 0.486. The zero-order valence-electron chi connectivity index (χ0n) is 18.7. The highest BCUT2D eigenvalue weighted by Crippen LogP contribution is 2.34. The Morgan fingerprint density at radius 1 is 1.12 bits per heavy atom. The van der Waals surface area contributed by atoms with Crippen LogP contribution in [0.15, 0.2) is 38.4 Å². The van der Waals surface area contributed by atoms with Crippen LogP contribution in [0.2, 0.25) is 0 Å². The van der Waals surface area contributed by atoms with Crippen molar-refractivity contribution in [3.05, 3.63) is 46.7 Å². The Balaban J connectivity index is 1.50. The number of hydrogen-bond donors (Lipinski definition) is 0. The number of para-hydroxylation sites is 1. The first kappa shape index (κ1) is 22.7. The zero-order chi connectivity index (χ0) is 22.7. The first-order valence-electron chi connectivity index (χ1n) is 10.9. The molecule has 1 saturated heterocycles. The Kier molecular flexibility index (Phi) is 7.05. The lowest BCUT2D eigenvalue weighted by molar-refractivity contribution is 0.0613. The predicted molar refractivity (Wildman–Crippen MR) is 128 cm³/mol. The summed E-state index contributed by atoms with van der Waals surface area (Å²) in [6.07, 6.45) is 0. The molecule has 0 saturated carbocycles. The molecule has 170 valence electrons. The standard InChI is InChI=1S/C23H28N4O3S2/c1-4-25(5-2)23(29)27-12-10-26(11-13-27)21(28)20-18(15-32-22-24-16(3)14-31-22)17-8-6-7-9-19(17)30-20/h6-9,14H,4-5,10-13,15H2,1-3H3. The molecule has 1 fully saturated rings. The van der Waals surface area contributed by atoms with E-state index in [1.165, 1.54) is 0 Å². The van der Waals surface area contributed by atoms with Crippen LogP contribution >= 0.6 is 23.1 Å². The van der Waals surface area contributed by atoms with Gasteiger partial charge in [-0.1, -0.05) is 30.0 Å². The van der Waals surface area contributed by atoms with E-state index in [0.717, 1.165) is 26.6 Å². The van der Waals surface area contributed by atoms with E-state index in [2.05, 4.69) is 4.98 Å². The maximum absolute atomic E-state index is 13.4. The van der Waals surface area contributed by atoms with Crippen molar-refractivity contribution >= 4 is 46.0 Å². The molecule has 1 aliphatic rings. The number of amides is 3. The minimum Gasteiger partial charge on any atom is -0.451 e. The number of hydrogen-bond acceptors (Lipinski definition) is 6. The predicted octanol–water partition coefficient (Wildman–Crippen LogP) is 4.71. The number of urea groups is 1. The van der Waals surface area contributed by atoms with Gasteiger partial charge >= 0.3 is 6.03 Å². The van der Waals surface area contributed by atoms with Gasteiger partial charge in [0.15, 0.2) is 5.76 Å². The van der Waals surface area contributed by atoms with E-state index >= 15 is 0 Å². The summed E-state index contributed by atoms with van der Waals surface area (Å²) in [5.41, 5.74) is 2.63. The normalized spacial score (nSPS) is 14.2. The van der Waals surface area contributed by atoms with Crippen molar-refractivity contribution in [3.63, 3.8) is 0 Å². The Morgan fingerprint density at radius 2 is 1.81 bits per heavy atom. The topological polar surface area (TPSA) is 69.9 Å².